The van der Waals surface area contributed by atoms with E-state index < -0.39 is 24.6 Å². The monoisotopic (exact) mass is 631 g/mol. The number of hydrogen-bond donors (Lipinski definition) is 4. The smallest absolute Gasteiger partial charge is 0.305 e. The zero-order valence-electron chi connectivity index (χ0n) is 26.5. The van der Waals surface area contributed by atoms with Crippen molar-refractivity contribution in [1.82, 2.24) is 25.3 Å². The number of aliphatic hydroxyl groups excluding tert-OH is 2. The van der Waals surface area contributed by atoms with Gasteiger partial charge in [0.1, 0.15) is 11.5 Å². The van der Waals surface area contributed by atoms with Gasteiger partial charge in [-0.25, -0.2) is 14.4 Å². The molecule has 1 amide bonds. The average Bonchev–Trinajstić information content (AvgIpc) is 3.19. The number of pyridine rings is 2. The van der Waals surface area contributed by atoms with E-state index in [4.69, 9.17) is 15.1 Å². The number of carboxylic acids is 1. The molecule has 2 atom stereocenters. The van der Waals surface area contributed by atoms with Crippen LogP contribution in [-0.4, -0.2) is 92.5 Å². The number of carbonyl (C=O) groups excluding carboxylic acids is 1. The molecule has 10 nitrogen and oxygen atoms in total. The third-order valence-electron chi connectivity index (χ3n) is 8.52. The summed E-state index contributed by atoms with van der Waals surface area (Å²) in [7, 11) is 2.06. The van der Waals surface area contributed by atoms with Gasteiger partial charge in [-0.1, -0.05) is 38.1 Å². The number of nitrogens with one attached hydrogen (secondary N) is 1. The maximum Gasteiger partial charge on any atom is 0.305 e. The Kier molecular flexibility index (Phi) is 10.6. The Labute approximate surface area is 268 Å². The molecule has 3 aromatic rings. The van der Waals surface area contributed by atoms with E-state index in [-0.39, 0.29) is 24.1 Å². The van der Waals surface area contributed by atoms with E-state index >= 15 is 0 Å². The lowest BCUT2D eigenvalue weighted by Gasteiger charge is -2.32. The summed E-state index contributed by atoms with van der Waals surface area (Å²) in [5, 5.41) is 31.6. The van der Waals surface area contributed by atoms with Gasteiger partial charge in [0.15, 0.2) is 0 Å². The van der Waals surface area contributed by atoms with Crippen molar-refractivity contribution in [1.29, 1.82) is 0 Å². The average molecular weight is 632 g/mol. The van der Waals surface area contributed by atoms with Crippen LogP contribution in [-0.2, 0) is 17.6 Å². The zero-order chi connectivity index (χ0) is 33.0. The molecule has 1 saturated heterocycles. The van der Waals surface area contributed by atoms with Crippen molar-refractivity contribution in [3.63, 3.8) is 0 Å². The molecule has 1 aromatic carbocycles. The molecule has 46 heavy (non-hydrogen) atoms. The number of fused-ring (bicyclic) bond motifs is 3. The van der Waals surface area contributed by atoms with E-state index in [1.165, 1.54) is 12.1 Å². The zero-order valence-corrected chi connectivity index (χ0v) is 26.5. The van der Waals surface area contributed by atoms with Crippen molar-refractivity contribution >= 4 is 18.0 Å². The van der Waals surface area contributed by atoms with Crippen LogP contribution in [0.1, 0.15) is 72.0 Å². The number of aryl methyl sites for hydroxylation is 1. The first-order chi connectivity index (χ1) is 22.0. The number of aromatic nitrogens is 2. The maximum atomic E-state index is 14.1. The second-order valence-corrected chi connectivity index (χ2v) is 12.5. The predicted octanol–water partition coefficient (Wildman–Crippen LogP) is 4.05. The molecule has 11 heteroatoms. The first-order valence-electron chi connectivity index (χ1n) is 15.8. The number of carbonyl (C=O) groups is 2. The van der Waals surface area contributed by atoms with E-state index in [1.54, 1.807) is 30.4 Å². The van der Waals surface area contributed by atoms with Crippen molar-refractivity contribution in [3.05, 3.63) is 76.5 Å². The van der Waals surface area contributed by atoms with Crippen LogP contribution in [0.4, 0.5) is 4.39 Å². The fourth-order valence-corrected chi connectivity index (χ4v) is 6.11. The van der Waals surface area contributed by atoms with Gasteiger partial charge >= 0.3 is 5.97 Å². The standard InChI is InChI=1S/C35H42FN5O5/c1-21(2)33-28(12-11-24(42)19-25(43)20-31(44)45)32(22-7-9-23(36)10-8-22)27-5-4-6-29-26(34(27)38-33)13-14-30(37-29)35(46)39-41-17-15-40(3)16-18-41/h7-14,21,24-25,42-43H,4-6,15-20H2,1-3H3,(H,39,46)(H,44,45)/b12-11+/t24-,25-/m1/s1. The first kappa shape index (κ1) is 33.3. The summed E-state index contributed by atoms with van der Waals surface area (Å²) in [5.41, 5.74) is 9.91. The summed E-state index contributed by atoms with van der Waals surface area (Å²) < 4.78 is 14.1. The van der Waals surface area contributed by atoms with Crippen LogP contribution in [0.25, 0.3) is 28.5 Å². The van der Waals surface area contributed by atoms with Gasteiger partial charge in [-0.3, -0.25) is 20.0 Å². The summed E-state index contributed by atoms with van der Waals surface area (Å²) in [6.45, 7) is 7.27. The van der Waals surface area contributed by atoms with E-state index in [0.29, 0.717) is 18.5 Å². The summed E-state index contributed by atoms with van der Waals surface area (Å²) in [4.78, 5) is 36.4. The van der Waals surface area contributed by atoms with Gasteiger partial charge in [-0.15, -0.1) is 0 Å². The van der Waals surface area contributed by atoms with Gasteiger partial charge in [0.05, 0.1) is 35.7 Å². The van der Waals surface area contributed by atoms with Crippen LogP contribution in [0.2, 0.25) is 0 Å². The number of hydrazine groups is 1. The lowest BCUT2D eigenvalue weighted by Crippen LogP contribution is -2.52. The molecular weight excluding hydrogens is 589 g/mol. The molecule has 2 aliphatic rings. The van der Waals surface area contributed by atoms with Crippen molar-refractivity contribution < 1.29 is 29.3 Å². The van der Waals surface area contributed by atoms with Gasteiger partial charge in [0.25, 0.3) is 5.91 Å². The van der Waals surface area contributed by atoms with Crippen LogP contribution < -0.4 is 5.43 Å². The Morgan fingerprint density at radius 1 is 1.02 bits per heavy atom. The largest absolute Gasteiger partial charge is 0.481 e. The molecule has 3 heterocycles. The number of likely N-dealkylation sites (N-methyl/N-ethyl adjacent to an activating group) is 1. The van der Waals surface area contributed by atoms with Gasteiger partial charge in [-0.05, 0) is 73.2 Å². The van der Waals surface area contributed by atoms with Gasteiger partial charge in [-0.2, -0.15) is 0 Å². The van der Waals surface area contributed by atoms with Crippen molar-refractivity contribution in [3.8, 4) is 22.4 Å². The second kappa shape index (κ2) is 14.6. The van der Waals surface area contributed by atoms with E-state index in [0.717, 1.165) is 77.5 Å². The third-order valence-corrected chi connectivity index (χ3v) is 8.52. The lowest BCUT2D eigenvalue weighted by molar-refractivity contribution is -0.139. The Morgan fingerprint density at radius 2 is 1.74 bits per heavy atom. The number of nitrogens with zero attached hydrogens (tertiary/aromatic N) is 4. The topological polar surface area (TPSA) is 139 Å². The number of benzene rings is 1. The molecule has 244 valence electrons. The minimum atomic E-state index is -1.19. The Bertz CT molecular complexity index is 1600. The molecule has 0 saturated carbocycles. The highest BCUT2D eigenvalue weighted by Gasteiger charge is 2.27. The fraction of sp³-hybridized carbons (Fsp3) is 0.429. The first-order valence-corrected chi connectivity index (χ1v) is 15.8. The lowest BCUT2D eigenvalue weighted by atomic mass is 9.86. The van der Waals surface area contributed by atoms with Gasteiger partial charge in [0.2, 0.25) is 0 Å². The summed E-state index contributed by atoms with van der Waals surface area (Å²) in [5.74, 6) is -1.78. The number of hydrogen-bond acceptors (Lipinski definition) is 8. The minimum absolute atomic E-state index is 0.0350. The molecule has 0 unspecified atom stereocenters. The number of aliphatic hydroxyl groups is 2. The van der Waals surface area contributed by atoms with Crippen LogP contribution in [0.15, 0.2) is 42.5 Å². The Hall–Kier alpha value is -4.03. The van der Waals surface area contributed by atoms with Crippen LogP contribution in [0.5, 0.6) is 0 Å². The molecule has 0 spiro atoms. The number of aliphatic carboxylic acids is 1. The van der Waals surface area contributed by atoms with E-state index in [1.807, 2.05) is 24.9 Å². The highest BCUT2D eigenvalue weighted by atomic mass is 19.1. The van der Waals surface area contributed by atoms with E-state index in [9.17, 15) is 24.2 Å². The highest BCUT2D eigenvalue weighted by Crippen LogP contribution is 2.41. The Morgan fingerprint density at radius 3 is 2.41 bits per heavy atom. The molecule has 1 aliphatic carbocycles. The predicted molar refractivity (Wildman–Crippen MR) is 173 cm³/mol. The number of piperazine rings is 1. The summed E-state index contributed by atoms with van der Waals surface area (Å²) in [6.07, 6.45) is 2.50. The highest BCUT2D eigenvalue weighted by molar-refractivity contribution is 5.93. The maximum absolute atomic E-state index is 14.1. The molecule has 5 rings (SSSR count). The molecule has 0 bridgehead atoms. The molecule has 4 N–H and O–H groups in total. The normalized spacial score (nSPS) is 16.9. The second-order valence-electron chi connectivity index (χ2n) is 12.5. The van der Waals surface area contributed by atoms with Crippen molar-refractivity contribution in [2.45, 2.75) is 64.1 Å². The van der Waals surface area contributed by atoms with E-state index in [2.05, 4.69) is 17.4 Å². The SMILES string of the molecule is CC(C)c1nc2c(c(-c3ccc(F)cc3)c1/C=C/[C@@H](O)C[C@@H](O)CC(=O)O)CCCc1nc(C(=O)NN3CCN(C)CC3)ccc1-2. The van der Waals surface area contributed by atoms with Crippen molar-refractivity contribution in [2.75, 3.05) is 33.2 Å². The Balaban J connectivity index is 1.57. The molecular formula is C35H42FN5O5. The number of amides is 1. The van der Waals surface area contributed by atoms with Gasteiger partial charge < -0.3 is 20.2 Å². The number of rotatable bonds is 10. The molecule has 2 aromatic heterocycles. The third kappa shape index (κ3) is 7.84. The fourth-order valence-electron chi connectivity index (χ4n) is 6.11. The van der Waals surface area contributed by atoms with Crippen LogP contribution in [0, 0.1) is 5.82 Å². The quantitative estimate of drug-likeness (QED) is 0.261. The molecule has 1 fully saturated rings. The molecule has 0 radical (unpaired) electrons. The number of carboxylic acid groups (broad SMARTS) is 1. The number of halogens is 1. The summed E-state index contributed by atoms with van der Waals surface area (Å²) in [6, 6.07) is 9.95. The minimum Gasteiger partial charge on any atom is -0.481 e. The van der Waals surface area contributed by atoms with Crippen LogP contribution in [0.3, 0.4) is 0 Å². The van der Waals surface area contributed by atoms with Crippen LogP contribution >= 0.6 is 0 Å². The summed E-state index contributed by atoms with van der Waals surface area (Å²) >= 11 is 0. The molecule has 1 aliphatic heterocycles. The van der Waals surface area contributed by atoms with Gasteiger partial charge in [0, 0.05) is 43.7 Å². The van der Waals surface area contributed by atoms with Crippen molar-refractivity contribution in [2.24, 2.45) is 0 Å².